The van der Waals surface area contributed by atoms with E-state index in [9.17, 15) is 4.39 Å². The van der Waals surface area contributed by atoms with Crippen LogP contribution in [-0.2, 0) is 6.61 Å². The molecule has 0 aliphatic rings. The molecule has 0 radical (unpaired) electrons. The molecule has 0 fully saturated rings. The van der Waals surface area contributed by atoms with Gasteiger partial charge in [-0.3, -0.25) is 0 Å². The van der Waals surface area contributed by atoms with E-state index in [0.717, 1.165) is 4.47 Å². The van der Waals surface area contributed by atoms with Gasteiger partial charge in [0.2, 0.25) is 0 Å². The lowest BCUT2D eigenvalue weighted by molar-refractivity contribution is 0.270. The fraction of sp³-hybridized carbons (Fsp3) is 0.0769. The minimum atomic E-state index is -0.470. The van der Waals surface area contributed by atoms with Crippen molar-refractivity contribution in [2.75, 3.05) is 0 Å². The van der Waals surface area contributed by atoms with E-state index in [4.69, 9.17) is 9.84 Å². The third-order valence-corrected chi connectivity index (χ3v) is 2.80. The topological polar surface area (TPSA) is 29.5 Å². The maximum absolute atomic E-state index is 13.4. The summed E-state index contributed by atoms with van der Waals surface area (Å²) in [6.07, 6.45) is 0. The highest BCUT2D eigenvalue weighted by Crippen LogP contribution is 2.27. The van der Waals surface area contributed by atoms with Crippen LogP contribution in [0.5, 0.6) is 11.5 Å². The van der Waals surface area contributed by atoms with Crippen LogP contribution in [0.15, 0.2) is 46.9 Å². The Morgan fingerprint density at radius 2 is 1.82 bits per heavy atom. The number of aliphatic hydroxyl groups excluding tert-OH is 1. The molecule has 0 aliphatic heterocycles. The predicted molar refractivity (Wildman–Crippen MR) is 66.5 cm³/mol. The van der Waals surface area contributed by atoms with Crippen molar-refractivity contribution in [2.24, 2.45) is 0 Å². The first-order valence-electron chi connectivity index (χ1n) is 5.02. The van der Waals surface area contributed by atoms with Crippen LogP contribution < -0.4 is 4.74 Å². The van der Waals surface area contributed by atoms with E-state index in [2.05, 4.69) is 15.9 Å². The van der Waals surface area contributed by atoms with Gasteiger partial charge in [-0.2, -0.15) is 0 Å². The predicted octanol–water partition coefficient (Wildman–Crippen LogP) is 3.87. The first-order chi connectivity index (χ1) is 8.20. The smallest absolute Gasteiger partial charge is 0.135 e. The van der Waals surface area contributed by atoms with E-state index in [1.807, 2.05) is 12.1 Å². The zero-order valence-electron chi connectivity index (χ0n) is 8.86. The van der Waals surface area contributed by atoms with Crippen molar-refractivity contribution < 1.29 is 14.2 Å². The first kappa shape index (κ1) is 12.1. The van der Waals surface area contributed by atoms with Crippen LogP contribution >= 0.6 is 15.9 Å². The van der Waals surface area contributed by atoms with Gasteiger partial charge in [-0.25, -0.2) is 4.39 Å². The number of aliphatic hydroxyl groups is 1. The number of rotatable bonds is 3. The molecule has 2 aromatic rings. The molecule has 0 saturated heterocycles. The molecule has 1 N–H and O–H groups in total. The molecular weight excluding hydrogens is 287 g/mol. The van der Waals surface area contributed by atoms with E-state index in [1.165, 1.54) is 6.07 Å². The van der Waals surface area contributed by atoms with Crippen LogP contribution in [0.1, 0.15) is 5.56 Å². The second-order valence-corrected chi connectivity index (χ2v) is 4.35. The Morgan fingerprint density at radius 3 is 2.47 bits per heavy atom. The summed E-state index contributed by atoms with van der Waals surface area (Å²) in [7, 11) is 0. The van der Waals surface area contributed by atoms with Crippen LogP contribution in [0.25, 0.3) is 0 Å². The normalized spacial score (nSPS) is 10.3. The summed E-state index contributed by atoms with van der Waals surface area (Å²) in [6.45, 7) is -0.390. The third kappa shape index (κ3) is 2.84. The Labute approximate surface area is 107 Å². The van der Waals surface area contributed by atoms with Crippen LogP contribution in [0.4, 0.5) is 4.39 Å². The SMILES string of the molecule is OCc1c(F)cccc1Oc1ccc(Br)cc1. The highest BCUT2D eigenvalue weighted by molar-refractivity contribution is 9.10. The van der Waals surface area contributed by atoms with Gasteiger partial charge >= 0.3 is 0 Å². The van der Waals surface area contributed by atoms with Crippen LogP contribution in [0, 0.1) is 5.82 Å². The number of halogens is 2. The van der Waals surface area contributed by atoms with Crippen molar-refractivity contribution in [3.05, 3.63) is 58.3 Å². The van der Waals surface area contributed by atoms with Gasteiger partial charge in [-0.1, -0.05) is 22.0 Å². The van der Waals surface area contributed by atoms with E-state index in [-0.39, 0.29) is 5.56 Å². The first-order valence-corrected chi connectivity index (χ1v) is 5.81. The quantitative estimate of drug-likeness (QED) is 0.931. The highest BCUT2D eigenvalue weighted by Gasteiger charge is 2.09. The fourth-order valence-corrected chi connectivity index (χ4v) is 1.68. The van der Waals surface area contributed by atoms with E-state index >= 15 is 0 Å². The van der Waals surface area contributed by atoms with Crippen LogP contribution in [0.3, 0.4) is 0 Å². The monoisotopic (exact) mass is 296 g/mol. The molecule has 0 bridgehead atoms. The molecule has 0 amide bonds. The van der Waals surface area contributed by atoms with Gasteiger partial charge in [-0.05, 0) is 36.4 Å². The van der Waals surface area contributed by atoms with Crippen molar-refractivity contribution in [3.8, 4) is 11.5 Å². The van der Waals surface area contributed by atoms with Gasteiger partial charge in [0.1, 0.15) is 17.3 Å². The third-order valence-electron chi connectivity index (χ3n) is 2.28. The maximum atomic E-state index is 13.4. The largest absolute Gasteiger partial charge is 0.457 e. The highest BCUT2D eigenvalue weighted by atomic mass is 79.9. The maximum Gasteiger partial charge on any atom is 0.135 e. The molecule has 4 heteroatoms. The summed E-state index contributed by atoms with van der Waals surface area (Å²) in [5.74, 6) is 0.449. The molecule has 2 rings (SSSR count). The van der Waals surface area contributed by atoms with Crippen molar-refractivity contribution >= 4 is 15.9 Å². The molecule has 17 heavy (non-hydrogen) atoms. The Kier molecular flexibility index (Phi) is 3.76. The lowest BCUT2D eigenvalue weighted by Crippen LogP contribution is -1.95. The van der Waals surface area contributed by atoms with Crippen molar-refractivity contribution in [1.82, 2.24) is 0 Å². The number of hydrogen-bond donors (Lipinski definition) is 1. The molecule has 0 saturated carbocycles. The van der Waals surface area contributed by atoms with Crippen LogP contribution in [0.2, 0.25) is 0 Å². The van der Waals surface area contributed by atoms with Crippen molar-refractivity contribution in [1.29, 1.82) is 0 Å². The van der Waals surface area contributed by atoms with Crippen molar-refractivity contribution in [2.45, 2.75) is 6.61 Å². The Balaban J connectivity index is 2.29. The second-order valence-electron chi connectivity index (χ2n) is 3.43. The molecule has 0 aliphatic carbocycles. The Hall–Kier alpha value is -1.39. The Morgan fingerprint density at radius 1 is 1.12 bits per heavy atom. The van der Waals surface area contributed by atoms with Gasteiger partial charge in [0.25, 0.3) is 0 Å². The number of ether oxygens (including phenoxy) is 1. The summed E-state index contributed by atoms with van der Waals surface area (Å²) in [4.78, 5) is 0. The molecule has 0 atom stereocenters. The minimum Gasteiger partial charge on any atom is -0.457 e. The molecule has 2 aromatic carbocycles. The van der Waals surface area contributed by atoms with Gasteiger partial charge in [0, 0.05) is 4.47 Å². The van der Waals surface area contributed by atoms with Gasteiger partial charge in [-0.15, -0.1) is 0 Å². The average molecular weight is 297 g/mol. The zero-order valence-corrected chi connectivity index (χ0v) is 10.4. The van der Waals surface area contributed by atoms with Crippen molar-refractivity contribution in [3.63, 3.8) is 0 Å². The number of benzene rings is 2. The standard InChI is InChI=1S/C13H10BrFO2/c14-9-4-6-10(7-5-9)17-13-3-1-2-12(15)11(13)8-16/h1-7,16H,8H2. The summed E-state index contributed by atoms with van der Waals surface area (Å²) < 4.78 is 19.8. The number of hydrogen-bond acceptors (Lipinski definition) is 2. The molecule has 0 aromatic heterocycles. The van der Waals surface area contributed by atoms with Gasteiger partial charge in [0.15, 0.2) is 0 Å². The summed E-state index contributed by atoms with van der Waals surface area (Å²) in [6, 6.07) is 11.6. The Bertz CT molecular complexity index is 511. The molecular formula is C13H10BrFO2. The molecule has 2 nitrogen and oxygen atoms in total. The van der Waals surface area contributed by atoms with Gasteiger partial charge in [0.05, 0.1) is 12.2 Å². The summed E-state index contributed by atoms with van der Waals surface area (Å²) in [5.41, 5.74) is 0.162. The molecule has 88 valence electrons. The second kappa shape index (κ2) is 5.29. The van der Waals surface area contributed by atoms with Gasteiger partial charge < -0.3 is 9.84 Å². The van der Waals surface area contributed by atoms with Crippen LogP contribution in [-0.4, -0.2) is 5.11 Å². The zero-order chi connectivity index (χ0) is 12.3. The lowest BCUT2D eigenvalue weighted by atomic mass is 10.2. The summed E-state index contributed by atoms with van der Waals surface area (Å²) in [5, 5.41) is 9.09. The summed E-state index contributed by atoms with van der Waals surface area (Å²) >= 11 is 3.32. The minimum absolute atomic E-state index is 0.162. The van der Waals surface area contributed by atoms with E-state index < -0.39 is 12.4 Å². The fourth-order valence-electron chi connectivity index (χ4n) is 1.42. The van der Waals surface area contributed by atoms with E-state index in [1.54, 1.807) is 24.3 Å². The molecule has 0 spiro atoms. The van der Waals surface area contributed by atoms with E-state index in [0.29, 0.717) is 11.5 Å². The average Bonchev–Trinajstić information content (AvgIpc) is 2.32. The molecule has 0 unspecified atom stereocenters. The lowest BCUT2D eigenvalue weighted by Gasteiger charge is -2.10. The molecule has 0 heterocycles.